The predicted molar refractivity (Wildman–Crippen MR) is 107 cm³/mol. The molecule has 29 heavy (non-hydrogen) atoms. The van der Waals surface area contributed by atoms with Crippen LogP contribution in [0.4, 0.5) is 30.6 Å². The summed E-state index contributed by atoms with van der Waals surface area (Å²) in [6.07, 6.45) is 4.12. The highest BCUT2D eigenvalue weighted by Gasteiger charge is 2.27. The number of hydrogen-bond donors (Lipinski definition) is 3. The minimum atomic E-state index is -0.867. The molecule has 2 aromatic carbocycles. The molecule has 2 aliphatic rings. The van der Waals surface area contributed by atoms with E-state index in [1.54, 1.807) is 12.1 Å². The largest absolute Gasteiger partial charge is 0.371 e. The number of nitrogens with one attached hydrogen (secondary N) is 3. The normalized spacial score (nSPS) is 15.9. The molecule has 8 heteroatoms. The van der Waals surface area contributed by atoms with E-state index in [9.17, 15) is 18.4 Å². The van der Waals surface area contributed by atoms with Gasteiger partial charge in [0.1, 0.15) is 11.6 Å². The highest BCUT2D eigenvalue weighted by atomic mass is 19.1. The van der Waals surface area contributed by atoms with Crippen molar-refractivity contribution in [3.8, 4) is 0 Å². The lowest BCUT2D eigenvalue weighted by Gasteiger charge is -2.22. The summed E-state index contributed by atoms with van der Waals surface area (Å²) < 4.78 is 26.7. The lowest BCUT2D eigenvalue weighted by Crippen LogP contribution is -2.29. The van der Waals surface area contributed by atoms with Gasteiger partial charge in [0, 0.05) is 36.6 Å². The van der Waals surface area contributed by atoms with Gasteiger partial charge in [-0.05, 0) is 56.0 Å². The molecule has 6 nitrogen and oxygen atoms in total. The summed E-state index contributed by atoms with van der Waals surface area (Å²) in [6, 6.07) is 7.60. The van der Waals surface area contributed by atoms with Crippen LogP contribution >= 0.6 is 0 Å². The Morgan fingerprint density at radius 3 is 2.41 bits per heavy atom. The van der Waals surface area contributed by atoms with Crippen molar-refractivity contribution >= 4 is 29.0 Å². The lowest BCUT2D eigenvalue weighted by molar-refractivity contribution is 0.0951. The first-order valence-corrected chi connectivity index (χ1v) is 9.72. The van der Waals surface area contributed by atoms with Gasteiger partial charge in [-0.25, -0.2) is 13.6 Å². The molecule has 4 rings (SSSR count). The van der Waals surface area contributed by atoms with Crippen molar-refractivity contribution in [2.45, 2.75) is 31.7 Å². The molecule has 3 amide bonds. The summed E-state index contributed by atoms with van der Waals surface area (Å²) in [4.78, 5) is 27.1. The van der Waals surface area contributed by atoms with Gasteiger partial charge in [0.05, 0.1) is 11.3 Å². The predicted octanol–water partition coefficient (Wildman–Crippen LogP) is 4.10. The van der Waals surface area contributed by atoms with Crippen LogP contribution in [-0.4, -0.2) is 31.1 Å². The maximum Gasteiger partial charge on any atom is 0.323 e. The zero-order chi connectivity index (χ0) is 20.4. The molecule has 1 saturated heterocycles. The third kappa shape index (κ3) is 4.64. The van der Waals surface area contributed by atoms with Crippen LogP contribution < -0.4 is 20.9 Å². The lowest BCUT2D eigenvalue weighted by atomic mass is 10.1. The number of rotatable bonds is 5. The number of carbonyl (C=O) groups is 2. The number of amides is 3. The van der Waals surface area contributed by atoms with Crippen molar-refractivity contribution in [3.05, 3.63) is 53.6 Å². The van der Waals surface area contributed by atoms with E-state index in [0.717, 1.165) is 56.6 Å². The summed E-state index contributed by atoms with van der Waals surface area (Å²) >= 11 is 0. The zero-order valence-electron chi connectivity index (χ0n) is 15.8. The SMILES string of the molecule is O=C(Nc1ccc(N2CCCC2)c(C(=O)NC2CC2)c1)Nc1ccc(F)cc1F. The number of urea groups is 1. The molecular weight excluding hydrogens is 378 g/mol. The van der Waals surface area contributed by atoms with E-state index < -0.39 is 17.7 Å². The van der Waals surface area contributed by atoms with Gasteiger partial charge in [0.25, 0.3) is 5.91 Å². The van der Waals surface area contributed by atoms with Gasteiger partial charge in [-0.1, -0.05) is 0 Å². The van der Waals surface area contributed by atoms with Gasteiger partial charge < -0.3 is 20.9 Å². The van der Waals surface area contributed by atoms with E-state index in [-0.39, 0.29) is 17.6 Å². The van der Waals surface area contributed by atoms with Crippen LogP contribution in [0, 0.1) is 11.6 Å². The standard InChI is InChI=1S/C21H22F2N4O2/c22-13-3-7-18(17(23)11-13)26-21(29)25-15-6-8-19(27-9-1-2-10-27)16(12-15)20(28)24-14-4-5-14/h3,6-8,11-12,14H,1-2,4-5,9-10H2,(H,24,28)(H2,25,26,29). The fourth-order valence-electron chi connectivity index (χ4n) is 3.40. The first-order valence-electron chi connectivity index (χ1n) is 9.72. The van der Waals surface area contributed by atoms with Crippen molar-refractivity contribution in [1.82, 2.24) is 5.32 Å². The van der Waals surface area contributed by atoms with Crippen LogP contribution in [-0.2, 0) is 0 Å². The molecule has 3 N–H and O–H groups in total. The van der Waals surface area contributed by atoms with Gasteiger partial charge in [-0.15, -0.1) is 0 Å². The van der Waals surface area contributed by atoms with Crippen molar-refractivity contribution in [1.29, 1.82) is 0 Å². The summed E-state index contributed by atoms with van der Waals surface area (Å²) in [6.45, 7) is 1.78. The molecule has 0 atom stereocenters. The molecule has 0 aromatic heterocycles. The Kier molecular flexibility index (Phi) is 5.33. The Morgan fingerprint density at radius 1 is 0.966 bits per heavy atom. The van der Waals surface area contributed by atoms with Crippen LogP contribution in [0.5, 0.6) is 0 Å². The number of nitrogens with zero attached hydrogens (tertiary/aromatic N) is 1. The fraction of sp³-hybridized carbons (Fsp3) is 0.333. The molecule has 1 saturated carbocycles. The first-order chi connectivity index (χ1) is 14.0. The molecule has 1 aliphatic heterocycles. The molecule has 152 valence electrons. The smallest absolute Gasteiger partial charge is 0.323 e. The minimum absolute atomic E-state index is 0.135. The Balaban J connectivity index is 1.51. The van der Waals surface area contributed by atoms with Crippen LogP contribution in [0.3, 0.4) is 0 Å². The second-order valence-corrected chi connectivity index (χ2v) is 7.38. The number of carbonyl (C=O) groups excluding carboxylic acids is 2. The monoisotopic (exact) mass is 400 g/mol. The van der Waals surface area contributed by atoms with Crippen molar-refractivity contribution < 1.29 is 18.4 Å². The van der Waals surface area contributed by atoms with Gasteiger partial charge >= 0.3 is 6.03 Å². The van der Waals surface area contributed by atoms with Crippen LogP contribution in [0.2, 0.25) is 0 Å². The van der Waals surface area contributed by atoms with E-state index in [1.807, 2.05) is 6.07 Å². The summed E-state index contributed by atoms with van der Waals surface area (Å²) in [5.41, 5.74) is 1.62. The average Bonchev–Trinajstić information content (AvgIpc) is 3.33. The molecule has 0 unspecified atom stereocenters. The molecule has 0 spiro atoms. The highest BCUT2D eigenvalue weighted by Crippen LogP contribution is 2.29. The fourth-order valence-corrected chi connectivity index (χ4v) is 3.40. The van der Waals surface area contributed by atoms with Crippen LogP contribution in [0.1, 0.15) is 36.0 Å². The number of hydrogen-bond acceptors (Lipinski definition) is 3. The van der Waals surface area contributed by atoms with E-state index in [4.69, 9.17) is 0 Å². The highest BCUT2D eigenvalue weighted by molar-refractivity contribution is 6.04. The quantitative estimate of drug-likeness (QED) is 0.708. The molecule has 2 fully saturated rings. The number of benzene rings is 2. The van der Waals surface area contributed by atoms with E-state index in [1.165, 1.54) is 0 Å². The van der Waals surface area contributed by atoms with E-state index in [0.29, 0.717) is 17.3 Å². The molecule has 2 aromatic rings. The average molecular weight is 400 g/mol. The second-order valence-electron chi connectivity index (χ2n) is 7.38. The maximum atomic E-state index is 13.7. The van der Waals surface area contributed by atoms with E-state index >= 15 is 0 Å². The Morgan fingerprint density at radius 2 is 1.72 bits per heavy atom. The third-order valence-corrected chi connectivity index (χ3v) is 5.04. The summed E-state index contributed by atoms with van der Waals surface area (Å²) in [7, 11) is 0. The number of anilines is 3. The van der Waals surface area contributed by atoms with Crippen molar-refractivity contribution in [2.75, 3.05) is 28.6 Å². The topological polar surface area (TPSA) is 73.5 Å². The molecule has 1 aliphatic carbocycles. The third-order valence-electron chi connectivity index (χ3n) is 5.04. The van der Waals surface area contributed by atoms with Gasteiger partial charge in [0.15, 0.2) is 0 Å². The van der Waals surface area contributed by atoms with Crippen molar-refractivity contribution in [3.63, 3.8) is 0 Å². The molecule has 0 bridgehead atoms. The summed E-state index contributed by atoms with van der Waals surface area (Å²) in [5, 5.41) is 7.94. The second kappa shape index (κ2) is 8.06. The molecule has 1 heterocycles. The summed E-state index contributed by atoms with van der Waals surface area (Å²) in [5.74, 6) is -1.76. The minimum Gasteiger partial charge on any atom is -0.371 e. The van der Waals surface area contributed by atoms with Gasteiger partial charge in [0.2, 0.25) is 0 Å². The molecular formula is C21H22F2N4O2. The van der Waals surface area contributed by atoms with E-state index in [2.05, 4.69) is 20.9 Å². The van der Waals surface area contributed by atoms with Crippen LogP contribution in [0.15, 0.2) is 36.4 Å². The number of halogens is 2. The Labute approximate surface area is 167 Å². The van der Waals surface area contributed by atoms with Crippen molar-refractivity contribution in [2.24, 2.45) is 0 Å². The Bertz CT molecular complexity index is 940. The maximum absolute atomic E-state index is 13.7. The first kappa shape index (κ1) is 19.2. The van der Waals surface area contributed by atoms with Gasteiger partial charge in [-0.3, -0.25) is 4.79 Å². The Hall–Kier alpha value is -3.16. The zero-order valence-corrected chi connectivity index (χ0v) is 15.8. The molecule has 0 radical (unpaired) electrons. The van der Waals surface area contributed by atoms with Gasteiger partial charge in [-0.2, -0.15) is 0 Å². The van der Waals surface area contributed by atoms with Crippen LogP contribution in [0.25, 0.3) is 0 Å².